The second-order valence-corrected chi connectivity index (χ2v) is 5.88. The van der Waals surface area contributed by atoms with E-state index >= 15 is 0 Å². The third-order valence-electron chi connectivity index (χ3n) is 4.17. The van der Waals surface area contributed by atoms with Gasteiger partial charge >= 0.3 is 0 Å². The standard InChI is InChI=1S/C19H21N3O4/c1-25-14-5-6-15(18(10-14)26-2)17(23)7-8-19(24)21-13-4-3-12-11-20-22-16(12)9-13/h3-6,9-11,17,23H,7-8H2,1-2H3,(H,20,22)(H,21,24). The lowest BCUT2D eigenvalue weighted by molar-refractivity contribution is -0.116. The van der Waals surface area contributed by atoms with Gasteiger partial charge in [-0.05, 0) is 36.8 Å². The molecule has 0 aliphatic carbocycles. The molecule has 3 aromatic rings. The molecule has 0 saturated carbocycles. The maximum atomic E-state index is 12.2. The normalized spacial score (nSPS) is 12.0. The molecule has 3 rings (SSSR count). The number of anilines is 1. The van der Waals surface area contributed by atoms with E-state index in [1.807, 2.05) is 18.2 Å². The van der Waals surface area contributed by atoms with Gasteiger partial charge in [0.1, 0.15) is 11.5 Å². The fourth-order valence-electron chi connectivity index (χ4n) is 2.76. The Hall–Kier alpha value is -3.06. The number of amides is 1. The highest BCUT2D eigenvalue weighted by molar-refractivity contribution is 5.93. The van der Waals surface area contributed by atoms with Gasteiger partial charge in [-0.3, -0.25) is 9.89 Å². The number of nitrogens with one attached hydrogen (secondary N) is 2. The van der Waals surface area contributed by atoms with Crippen LogP contribution in [0, 0.1) is 0 Å². The van der Waals surface area contributed by atoms with Crippen LogP contribution in [0.4, 0.5) is 5.69 Å². The van der Waals surface area contributed by atoms with Crippen molar-refractivity contribution in [3.05, 3.63) is 48.2 Å². The minimum absolute atomic E-state index is 0.171. The molecule has 0 aliphatic heterocycles. The van der Waals surface area contributed by atoms with Crippen LogP contribution in [0.2, 0.25) is 0 Å². The first-order valence-corrected chi connectivity index (χ1v) is 8.23. The summed E-state index contributed by atoms with van der Waals surface area (Å²) in [5.74, 6) is 1.00. The fraction of sp³-hybridized carbons (Fsp3) is 0.263. The SMILES string of the molecule is COc1ccc(C(O)CCC(=O)Nc2ccc3cn[nH]c3c2)c(OC)c1. The second kappa shape index (κ2) is 7.88. The molecule has 26 heavy (non-hydrogen) atoms. The summed E-state index contributed by atoms with van der Waals surface area (Å²) in [5, 5.41) is 21.0. The van der Waals surface area contributed by atoms with Gasteiger partial charge in [-0.1, -0.05) is 0 Å². The van der Waals surface area contributed by atoms with Crippen LogP contribution >= 0.6 is 0 Å². The van der Waals surface area contributed by atoms with Crippen molar-refractivity contribution >= 4 is 22.5 Å². The molecule has 0 aliphatic rings. The summed E-state index contributed by atoms with van der Waals surface area (Å²) >= 11 is 0. The highest BCUT2D eigenvalue weighted by Crippen LogP contribution is 2.31. The van der Waals surface area contributed by atoms with Crippen LogP contribution in [-0.4, -0.2) is 35.4 Å². The van der Waals surface area contributed by atoms with E-state index < -0.39 is 6.10 Å². The highest BCUT2D eigenvalue weighted by Gasteiger charge is 2.16. The van der Waals surface area contributed by atoms with Crippen LogP contribution in [0.3, 0.4) is 0 Å². The molecule has 1 unspecified atom stereocenters. The van der Waals surface area contributed by atoms with Crippen molar-refractivity contribution in [3.63, 3.8) is 0 Å². The predicted molar refractivity (Wildman–Crippen MR) is 98.5 cm³/mol. The third-order valence-corrected chi connectivity index (χ3v) is 4.17. The predicted octanol–water partition coefficient (Wildman–Crippen LogP) is 3.03. The number of hydrogen-bond acceptors (Lipinski definition) is 5. The Bertz CT molecular complexity index is 907. The van der Waals surface area contributed by atoms with Crippen molar-refractivity contribution in [3.8, 4) is 11.5 Å². The maximum absolute atomic E-state index is 12.2. The Morgan fingerprint density at radius 3 is 2.85 bits per heavy atom. The summed E-state index contributed by atoms with van der Waals surface area (Å²) in [6.45, 7) is 0. The minimum atomic E-state index is -0.809. The van der Waals surface area contributed by atoms with Crippen molar-refractivity contribution in [1.82, 2.24) is 10.2 Å². The fourth-order valence-corrected chi connectivity index (χ4v) is 2.76. The van der Waals surface area contributed by atoms with Gasteiger partial charge in [0.05, 0.1) is 32.0 Å². The van der Waals surface area contributed by atoms with Gasteiger partial charge < -0.3 is 19.9 Å². The summed E-state index contributed by atoms with van der Waals surface area (Å²) in [6, 6.07) is 10.7. The van der Waals surface area contributed by atoms with Gasteiger partial charge in [-0.2, -0.15) is 5.10 Å². The Morgan fingerprint density at radius 1 is 1.23 bits per heavy atom. The molecule has 1 heterocycles. The summed E-state index contributed by atoms with van der Waals surface area (Å²) < 4.78 is 10.4. The number of aliphatic hydroxyl groups excluding tert-OH is 1. The summed E-state index contributed by atoms with van der Waals surface area (Å²) in [6.07, 6.45) is 1.37. The zero-order chi connectivity index (χ0) is 18.5. The van der Waals surface area contributed by atoms with Crippen LogP contribution in [0.15, 0.2) is 42.6 Å². The van der Waals surface area contributed by atoms with Gasteiger partial charge in [-0.15, -0.1) is 0 Å². The molecular weight excluding hydrogens is 334 g/mol. The number of benzene rings is 2. The first-order valence-electron chi connectivity index (χ1n) is 8.23. The third kappa shape index (κ3) is 3.94. The summed E-state index contributed by atoms with van der Waals surface area (Å²) in [5.41, 5.74) is 2.16. The summed E-state index contributed by atoms with van der Waals surface area (Å²) in [4.78, 5) is 12.2. The quantitative estimate of drug-likeness (QED) is 0.605. The van der Waals surface area contributed by atoms with E-state index in [-0.39, 0.29) is 18.7 Å². The molecule has 1 amide bonds. The second-order valence-electron chi connectivity index (χ2n) is 5.88. The van der Waals surface area contributed by atoms with Crippen molar-refractivity contribution in [2.45, 2.75) is 18.9 Å². The topological polar surface area (TPSA) is 96.5 Å². The number of H-pyrrole nitrogens is 1. The van der Waals surface area contributed by atoms with Crippen molar-refractivity contribution in [2.24, 2.45) is 0 Å². The molecule has 7 heteroatoms. The maximum Gasteiger partial charge on any atom is 0.224 e. The van der Waals surface area contributed by atoms with E-state index in [1.54, 1.807) is 31.5 Å². The lowest BCUT2D eigenvalue weighted by atomic mass is 10.0. The molecule has 0 saturated heterocycles. The number of carbonyl (C=O) groups excluding carboxylic acids is 1. The van der Waals surface area contributed by atoms with Crippen LogP contribution in [0.5, 0.6) is 11.5 Å². The smallest absolute Gasteiger partial charge is 0.224 e. The zero-order valence-electron chi connectivity index (χ0n) is 14.7. The van der Waals surface area contributed by atoms with E-state index in [0.29, 0.717) is 22.7 Å². The average molecular weight is 355 g/mol. The molecule has 0 bridgehead atoms. The van der Waals surface area contributed by atoms with Crippen LogP contribution < -0.4 is 14.8 Å². The summed E-state index contributed by atoms with van der Waals surface area (Å²) in [7, 11) is 3.10. The number of hydrogen-bond donors (Lipinski definition) is 3. The van der Waals surface area contributed by atoms with Gasteiger partial charge in [0.2, 0.25) is 5.91 Å². The van der Waals surface area contributed by atoms with Gasteiger partial charge in [0, 0.05) is 29.1 Å². The molecule has 0 spiro atoms. The average Bonchev–Trinajstić information content (AvgIpc) is 3.13. The molecule has 0 radical (unpaired) electrons. The van der Waals surface area contributed by atoms with E-state index in [2.05, 4.69) is 15.5 Å². The van der Waals surface area contributed by atoms with Crippen molar-refractivity contribution in [1.29, 1.82) is 0 Å². The molecule has 1 aromatic heterocycles. The first-order chi connectivity index (χ1) is 12.6. The van der Waals surface area contributed by atoms with E-state index in [4.69, 9.17) is 9.47 Å². The van der Waals surface area contributed by atoms with Gasteiger partial charge in [0.25, 0.3) is 0 Å². The molecule has 3 N–H and O–H groups in total. The first kappa shape index (κ1) is 17.8. The zero-order valence-corrected chi connectivity index (χ0v) is 14.7. The lowest BCUT2D eigenvalue weighted by Gasteiger charge is -2.15. The van der Waals surface area contributed by atoms with E-state index in [9.17, 15) is 9.90 Å². The van der Waals surface area contributed by atoms with Crippen LogP contribution in [0.1, 0.15) is 24.5 Å². The molecule has 7 nitrogen and oxygen atoms in total. The molecule has 136 valence electrons. The van der Waals surface area contributed by atoms with E-state index in [1.165, 1.54) is 7.11 Å². The lowest BCUT2D eigenvalue weighted by Crippen LogP contribution is -2.13. The number of rotatable bonds is 7. The number of aromatic nitrogens is 2. The van der Waals surface area contributed by atoms with Crippen molar-refractivity contribution < 1.29 is 19.4 Å². The number of methoxy groups -OCH3 is 2. The van der Waals surface area contributed by atoms with Crippen LogP contribution in [0.25, 0.3) is 10.9 Å². The Kier molecular flexibility index (Phi) is 5.38. The molecule has 1 atom stereocenters. The Morgan fingerprint density at radius 2 is 2.08 bits per heavy atom. The monoisotopic (exact) mass is 355 g/mol. The Labute approximate surface area is 150 Å². The largest absolute Gasteiger partial charge is 0.497 e. The van der Waals surface area contributed by atoms with E-state index in [0.717, 1.165) is 10.9 Å². The van der Waals surface area contributed by atoms with Gasteiger partial charge in [0.15, 0.2) is 0 Å². The molecule has 0 fully saturated rings. The Balaban J connectivity index is 1.60. The number of ether oxygens (including phenoxy) is 2. The number of nitrogens with zero attached hydrogens (tertiary/aromatic N) is 1. The van der Waals surface area contributed by atoms with Crippen molar-refractivity contribution in [2.75, 3.05) is 19.5 Å². The number of fused-ring (bicyclic) bond motifs is 1. The van der Waals surface area contributed by atoms with Gasteiger partial charge in [-0.25, -0.2) is 0 Å². The number of aromatic amines is 1. The molecular formula is C19H21N3O4. The van der Waals surface area contributed by atoms with Crippen LogP contribution in [-0.2, 0) is 4.79 Å². The number of aliphatic hydroxyl groups is 1. The highest BCUT2D eigenvalue weighted by atomic mass is 16.5. The minimum Gasteiger partial charge on any atom is -0.497 e. The molecule has 2 aromatic carbocycles. The number of carbonyl (C=O) groups is 1.